The summed E-state index contributed by atoms with van der Waals surface area (Å²) in [6.45, 7) is 5.25. The lowest BCUT2D eigenvalue weighted by Gasteiger charge is -2.30. The topological polar surface area (TPSA) is 90.0 Å². The molecule has 0 spiro atoms. The Hall–Kier alpha value is -2.57. The number of rotatable bonds is 7. The van der Waals surface area contributed by atoms with Gasteiger partial charge in [-0.1, -0.05) is 18.2 Å². The summed E-state index contributed by atoms with van der Waals surface area (Å²) in [5.41, 5.74) is 1.91. The van der Waals surface area contributed by atoms with E-state index in [1.807, 2.05) is 17.0 Å². The second-order valence-electron chi connectivity index (χ2n) is 8.23. The molecule has 2 saturated heterocycles. The van der Waals surface area contributed by atoms with E-state index in [2.05, 4.69) is 29.3 Å². The minimum atomic E-state index is -0.874. The maximum atomic E-state index is 12.9. The maximum Gasteiger partial charge on any atom is 0.303 e. The molecule has 3 rings (SSSR count). The van der Waals surface area contributed by atoms with Crippen LogP contribution >= 0.6 is 0 Å². The Bertz CT molecular complexity index is 766. The Morgan fingerprint density at radius 2 is 1.86 bits per heavy atom. The number of hydrogen-bond donors (Lipinski definition) is 2. The monoisotopic (exact) mass is 401 g/mol. The van der Waals surface area contributed by atoms with Crippen molar-refractivity contribution in [1.29, 1.82) is 0 Å². The van der Waals surface area contributed by atoms with Gasteiger partial charge in [0.15, 0.2) is 0 Å². The quantitative estimate of drug-likeness (QED) is 0.732. The zero-order chi connectivity index (χ0) is 20.9. The number of nitrogens with one attached hydrogen (secondary N) is 1. The molecule has 2 amide bonds. The third-order valence-corrected chi connectivity index (χ3v) is 6.17. The van der Waals surface area contributed by atoms with Crippen LogP contribution in [-0.4, -0.2) is 59.5 Å². The van der Waals surface area contributed by atoms with Gasteiger partial charge < -0.3 is 20.2 Å². The molecule has 158 valence electrons. The molecule has 0 aromatic heterocycles. The van der Waals surface area contributed by atoms with Crippen LogP contribution in [0.4, 0.5) is 5.69 Å². The van der Waals surface area contributed by atoms with Crippen molar-refractivity contribution in [3.8, 4) is 0 Å². The molecule has 7 nitrogen and oxygen atoms in total. The zero-order valence-corrected chi connectivity index (χ0v) is 17.2. The zero-order valence-electron chi connectivity index (χ0n) is 17.2. The van der Waals surface area contributed by atoms with Gasteiger partial charge in [0.05, 0.1) is 0 Å². The second kappa shape index (κ2) is 9.29. The van der Waals surface area contributed by atoms with Crippen LogP contribution in [0.3, 0.4) is 0 Å². The molecule has 29 heavy (non-hydrogen) atoms. The normalized spacial score (nSPS) is 22.3. The highest BCUT2D eigenvalue weighted by Gasteiger charge is 2.38. The van der Waals surface area contributed by atoms with E-state index in [-0.39, 0.29) is 18.2 Å². The lowest BCUT2D eigenvalue weighted by Crippen LogP contribution is -2.43. The summed E-state index contributed by atoms with van der Waals surface area (Å²) in [6, 6.07) is 8.31. The van der Waals surface area contributed by atoms with Crippen LogP contribution < -0.4 is 10.2 Å². The molecule has 2 aliphatic heterocycles. The number of hydrogen-bond acceptors (Lipinski definition) is 4. The lowest BCUT2D eigenvalue weighted by atomic mass is 9.86. The molecular formula is C22H31N3O4. The standard InChI is InChI=1S/C22H31N3O4/c1-17-5-2-3-6-18(17)24-13-4-14-25(16-15-24)20(27)8-11-22(12-9-21(28)29)10-7-19(26)23-22/h2-3,5-6H,4,7-16H2,1H3,(H,23,26)(H,28,29)/t22-/m0/s1. The third-order valence-electron chi connectivity index (χ3n) is 6.17. The summed E-state index contributed by atoms with van der Waals surface area (Å²) < 4.78 is 0. The molecule has 1 aromatic carbocycles. The minimum absolute atomic E-state index is 0.00354. The number of amides is 2. The Morgan fingerprint density at radius 1 is 1.10 bits per heavy atom. The van der Waals surface area contributed by atoms with E-state index >= 15 is 0 Å². The number of carbonyl (C=O) groups excluding carboxylic acids is 2. The fourth-order valence-corrected chi connectivity index (χ4v) is 4.45. The molecule has 2 N–H and O–H groups in total. The number of aryl methyl sites for hydroxylation is 1. The van der Waals surface area contributed by atoms with Crippen LogP contribution in [0.2, 0.25) is 0 Å². The largest absolute Gasteiger partial charge is 0.481 e. The van der Waals surface area contributed by atoms with E-state index < -0.39 is 11.5 Å². The van der Waals surface area contributed by atoms with Crippen LogP contribution in [0.25, 0.3) is 0 Å². The summed E-state index contributed by atoms with van der Waals surface area (Å²) in [4.78, 5) is 39.8. The molecule has 2 fully saturated rings. The number of aliphatic carboxylic acids is 1. The van der Waals surface area contributed by atoms with Gasteiger partial charge in [0.1, 0.15) is 0 Å². The highest BCUT2D eigenvalue weighted by atomic mass is 16.4. The van der Waals surface area contributed by atoms with Gasteiger partial charge >= 0.3 is 5.97 Å². The van der Waals surface area contributed by atoms with Crippen molar-refractivity contribution in [2.24, 2.45) is 0 Å². The van der Waals surface area contributed by atoms with Gasteiger partial charge in [-0.05, 0) is 44.2 Å². The first-order valence-corrected chi connectivity index (χ1v) is 10.5. The van der Waals surface area contributed by atoms with Gasteiger partial charge in [0.25, 0.3) is 0 Å². The Balaban J connectivity index is 1.55. The summed E-state index contributed by atoms with van der Waals surface area (Å²) in [5.74, 6) is -0.834. The number of carboxylic acids is 1. The fraction of sp³-hybridized carbons (Fsp3) is 0.591. The summed E-state index contributed by atoms with van der Waals surface area (Å²) in [5, 5.41) is 12.0. The van der Waals surface area contributed by atoms with E-state index in [1.165, 1.54) is 11.3 Å². The number of nitrogens with zero attached hydrogens (tertiary/aromatic N) is 2. The van der Waals surface area contributed by atoms with Crippen molar-refractivity contribution in [3.05, 3.63) is 29.8 Å². The summed E-state index contributed by atoms with van der Waals surface area (Å²) in [6.07, 6.45) is 3.15. The molecule has 1 aromatic rings. The average Bonchev–Trinajstić information content (AvgIpc) is 2.90. The molecule has 2 aliphatic rings. The molecule has 0 bridgehead atoms. The van der Waals surface area contributed by atoms with E-state index in [0.717, 1.165) is 26.1 Å². The lowest BCUT2D eigenvalue weighted by molar-refractivity contribution is -0.137. The SMILES string of the molecule is Cc1ccccc1N1CCCN(C(=O)CC[C@]2(CCC(=O)O)CCC(=O)N2)CC1. The van der Waals surface area contributed by atoms with Crippen molar-refractivity contribution in [1.82, 2.24) is 10.2 Å². The van der Waals surface area contributed by atoms with Crippen LogP contribution in [0.1, 0.15) is 50.5 Å². The van der Waals surface area contributed by atoms with E-state index in [4.69, 9.17) is 5.11 Å². The first-order valence-electron chi connectivity index (χ1n) is 10.5. The third kappa shape index (κ3) is 5.49. The van der Waals surface area contributed by atoms with Crippen LogP contribution in [0.15, 0.2) is 24.3 Å². The second-order valence-corrected chi connectivity index (χ2v) is 8.23. The van der Waals surface area contributed by atoms with Gasteiger partial charge in [-0.3, -0.25) is 14.4 Å². The van der Waals surface area contributed by atoms with Crippen molar-refractivity contribution in [3.63, 3.8) is 0 Å². The molecule has 7 heteroatoms. The van der Waals surface area contributed by atoms with Gasteiger partial charge in [0, 0.05) is 56.7 Å². The van der Waals surface area contributed by atoms with Crippen LogP contribution in [0.5, 0.6) is 0 Å². The molecular weight excluding hydrogens is 370 g/mol. The van der Waals surface area contributed by atoms with Gasteiger partial charge in [-0.15, -0.1) is 0 Å². The van der Waals surface area contributed by atoms with E-state index in [1.54, 1.807) is 0 Å². The first-order chi connectivity index (χ1) is 13.9. The smallest absolute Gasteiger partial charge is 0.303 e. The van der Waals surface area contributed by atoms with Crippen LogP contribution in [0, 0.1) is 6.92 Å². The molecule has 1 atom stereocenters. The number of para-hydroxylation sites is 1. The summed E-state index contributed by atoms with van der Waals surface area (Å²) >= 11 is 0. The minimum Gasteiger partial charge on any atom is -0.481 e. The van der Waals surface area contributed by atoms with Crippen molar-refractivity contribution >= 4 is 23.5 Å². The predicted octanol–water partition coefficient (Wildman–Crippen LogP) is 2.33. The number of benzene rings is 1. The number of carboxylic acid groups (broad SMARTS) is 1. The first kappa shape index (κ1) is 21.1. The molecule has 0 radical (unpaired) electrons. The molecule has 0 unspecified atom stereocenters. The van der Waals surface area contributed by atoms with Gasteiger partial charge in [0.2, 0.25) is 11.8 Å². The van der Waals surface area contributed by atoms with Crippen molar-refractivity contribution < 1.29 is 19.5 Å². The molecule has 2 heterocycles. The Morgan fingerprint density at radius 3 is 2.55 bits per heavy atom. The molecule has 0 aliphatic carbocycles. The molecule has 0 saturated carbocycles. The van der Waals surface area contributed by atoms with E-state index in [9.17, 15) is 14.4 Å². The predicted molar refractivity (Wildman–Crippen MR) is 111 cm³/mol. The number of anilines is 1. The Labute approximate surface area is 172 Å². The highest BCUT2D eigenvalue weighted by Crippen LogP contribution is 2.30. The highest BCUT2D eigenvalue weighted by molar-refractivity contribution is 5.80. The summed E-state index contributed by atoms with van der Waals surface area (Å²) in [7, 11) is 0. The maximum absolute atomic E-state index is 12.9. The van der Waals surface area contributed by atoms with E-state index in [0.29, 0.717) is 38.6 Å². The fourth-order valence-electron chi connectivity index (χ4n) is 4.45. The Kier molecular flexibility index (Phi) is 6.77. The van der Waals surface area contributed by atoms with Gasteiger partial charge in [-0.2, -0.15) is 0 Å². The van der Waals surface area contributed by atoms with Crippen molar-refractivity contribution in [2.45, 2.75) is 57.4 Å². The van der Waals surface area contributed by atoms with Gasteiger partial charge in [-0.25, -0.2) is 0 Å². The number of carbonyl (C=O) groups is 3. The average molecular weight is 402 g/mol. The van der Waals surface area contributed by atoms with Crippen LogP contribution in [-0.2, 0) is 14.4 Å². The van der Waals surface area contributed by atoms with Crippen molar-refractivity contribution in [2.75, 3.05) is 31.1 Å².